The number of nitrogens with two attached hydrogens (primary N) is 1. The smallest absolute Gasteiger partial charge is 0.410 e. The Morgan fingerprint density at radius 3 is 2.64 bits per heavy atom. The maximum atomic E-state index is 12.2. The average molecular weight is 387 g/mol. The van der Waals surface area contributed by atoms with Gasteiger partial charge in [0.05, 0.1) is 13.2 Å². The number of hydrogen-bond acceptors (Lipinski definition) is 7. The Labute approximate surface area is 163 Å². The molecule has 1 saturated carbocycles. The van der Waals surface area contributed by atoms with E-state index in [1.807, 2.05) is 6.92 Å². The van der Waals surface area contributed by atoms with Crippen molar-refractivity contribution in [2.75, 3.05) is 38.6 Å². The highest BCUT2D eigenvalue weighted by atomic mass is 16.6. The number of aromatic nitrogens is 2. The second-order valence-corrected chi connectivity index (χ2v) is 7.99. The third-order valence-electron chi connectivity index (χ3n) is 5.67. The number of nitrogens with zero attached hydrogens (tertiary/aromatic N) is 3. The summed E-state index contributed by atoms with van der Waals surface area (Å²) < 4.78 is 10.6. The van der Waals surface area contributed by atoms with Gasteiger partial charge >= 0.3 is 6.09 Å². The van der Waals surface area contributed by atoms with Gasteiger partial charge in [0, 0.05) is 43.7 Å². The lowest BCUT2D eigenvalue weighted by Gasteiger charge is -2.38. The molecular weight excluding hydrogens is 362 g/mol. The van der Waals surface area contributed by atoms with Crippen LogP contribution in [0.1, 0.15) is 18.9 Å². The number of anilines is 1. The molecule has 3 fully saturated rings. The summed E-state index contributed by atoms with van der Waals surface area (Å²) in [5.74, 6) is 1.68. The highest BCUT2D eigenvalue weighted by Gasteiger charge is 2.56. The summed E-state index contributed by atoms with van der Waals surface area (Å²) in [4.78, 5) is 33.6. The molecule has 3 N–H and O–H groups in total. The van der Waals surface area contributed by atoms with E-state index in [1.165, 1.54) is 6.08 Å². The van der Waals surface area contributed by atoms with Crippen LogP contribution in [0.2, 0.25) is 0 Å². The van der Waals surface area contributed by atoms with E-state index in [2.05, 4.69) is 15.3 Å². The van der Waals surface area contributed by atoms with Crippen molar-refractivity contribution in [3.63, 3.8) is 0 Å². The van der Waals surface area contributed by atoms with Crippen molar-refractivity contribution < 1.29 is 19.1 Å². The van der Waals surface area contributed by atoms with Crippen LogP contribution in [0.3, 0.4) is 0 Å². The van der Waals surface area contributed by atoms with Gasteiger partial charge in [0.25, 0.3) is 0 Å². The molecule has 3 heterocycles. The number of nitrogen functional groups attached to an aromatic ring is 1. The van der Waals surface area contributed by atoms with Crippen LogP contribution in [0.15, 0.2) is 18.5 Å². The Morgan fingerprint density at radius 1 is 1.36 bits per heavy atom. The second-order valence-electron chi connectivity index (χ2n) is 7.99. The minimum atomic E-state index is -0.459. The molecule has 4 rings (SSSR count). The molecule has 0 spiro atoms. The lowest BCUT2D eigenvalue weighted by atomic mass is 10.1. The van der Waals surface area contributed by atoms with E-state index in [9.17, 15) is 9.59 Å². The zero-order valence-corrected chi connectivity index (χ0v) is 15.8. The van der Waals surface area contributed by atoms with E-state index in [0.717, 1.165) is 25.1 Å². The second kappa shape index (κ2) is 7.38. The number of carbonyl (C=O) groups excluding carboxylic acids is 2. The van der Waals surface area contributed by atoms with Gasteiger partial charge in [-0.25, -0.2) is 14.8 Å². The van der Waals surface area contributed by atoms with E-state index < -0.39 is 5.60 Å². The third-order valence-corrected chi connectivity index (χ3v) is 5.67. The van der Waals surface area contributed by atoms with E-state index in [4.69, 9.17) is 15.2 Å². The summed E-state index contributed by atoms with van der Waals surface area (Å²) in [6.07, 6.45) is 6.93. The maximum Gasteiger partial charge on any atom is 0.410 e. The molecule has 9 nitrogen and oxygen atoms in total. The number of fused-ring (bicyclic) bond motifs is 1. The minimum absolute atomic E-state index is 0.149. The molecular formula is C19H25N5O4. The molecule has 9 heteroatoms. The molecule has 0 radical (unpaired) electrons. The van der Waals surface area contributed by atoms with Gasteiger partial charge in [-0.15, -0.1) is 0 Å². The number of hydrogen-bond donors (Lipinski definition) is 2. The molecule has 28 heavy (non-hydrogen) atoms. The van der Waals surface area contributed by atoms with E-state index in [0.29, 0.717) is 37.5 Å². The number of carbonyl (C=O) groups is 2. The highest BCUT2D eigenvalue weighted by molar-refractivity contribution is 5.91. The van der Waals surface area contributed by atoms with Gasteiger partial charge in [-0.3, -0.25) is 4.79 Å². The lowest BCUT2D eigenvalue weighted by molar-refractivity contribution is -0.171. The van der Waals surface area contributed by atoms with Crippen LogP contribution >= 0.6 is 0 Å². The molecule has 3 aliphatic rings. The largest absolute Gasteiger partial charge is 0.438 e. The van der Waals surface area contributed by atoms with Crippen LogP contribution in [0.25, 0.3) is 6.08 Å². The number of likely N-dealkylation sites (tertiary alicyclic amines) is 1. The average Bonchev–Trinajstić information content (AvgIpc) is 3.09. The number of amides is 2. The summed E-state index contributed by atoms with van der Waals surface area (Å²) in [5.41, 5.74) is 5.68. The van der Waals surface area contributed by atoms with E-state index >= 15 is 0 Å². The number of piperidine rings is 1. The summed E-state index contributed by atoms with van der Waals surface area (Å²) in [5, 5.41) is 2.89. The molecule has 1 aromatic heterocycles. The third kappa shape index (κ3) is 4.09. The van der Waals surface area contributed by atoms with Crippen molar-refractivity contribution in [1.82, 2.24) is 20.2 Å². The van der Waals surface area contributed by atoms with Crippen LogP contribution in [0, 0.1) is 17.8 Å². The van der Waals surface area contributed by atoms with Gasteiger partial charge in [-0.1, -0.05) is 0 Å². The first-order valence-corrected chi connectivity index (χ1v) is 9.53. The Balaban J connectivity index is 1.13. The quantitative estimate of drug-likeness (QED) is 0.689. The first kappa shape index (κ1) is 18.7. The monoisotopic (exact) mass is 387 g/mol. The normalized spacial score (nSPS) is 27.2. The van der Waals surface area contributed by atoms with Crippen LogP contribution < -0.4 is 11.1 Å². The number of nitrogens with one attached hydrogen (secondary N) is 1. The fraction of sp³-hybridized carbons (Fsp3) is 0.579. The predicted octanol–water partition coefficient (Wildman–Crippen LogP) is 0.682. The van der Waals surface area contributed by atoms with Gasteiger partial charge < -0.3 is 25.4 Å². The summed E-state index contributed by atoms with van der Waals surface area (Å²) in [7, 11) is 0. The molecule has 2 aliphatic heterocycles. The van der Waals surface area contributed by atoms with Crippen molar-refractivity contribution in [3.05, 3.63) is 24.0 Å². The zero-order chi connectivity index (χ0) is 19.7. The molecule has 3 atom stereocenters. The summed E-state index contributed by atoms with van der Waals surface area (Å²) in [6, 6.07) is 0. The Morgan fingerprint density at radius 2 is 2.04 bits per heavy atom. The topological polar surface area (TPSA) is 120 Å². The van der Waals surface area contributed by atoms with Crippen LogP contribution in [0.4, 0.5) is 10.7 Å². The standard InChI is InChI=1S/C19H25N5O4/c1-19(10-27-11-19)28-18(26)24-8-14-13(15(14)9-24)4-5-21-16(25)3-2-12-6-22-17(20)23-7-12/h2-3,6-7,13-15H,4-5,8-11H2,1H3,(H,21,25)(H2,20,22,23)/b3-2+/t13?,14-,15+. The predicted molar refractivity (Wildman–Crippen MR) is 101 cm³/mol. The van der Waals surface area contributed by atoms with Crippen molar-refractivity contribution in [2.45, 2.75) is 18.9 Å². The molecule has 150 valence electrons. The first-order valence-electron chi connectivity index (χ1n) is 9.53. The van der Waals surface area contributed by atoms with Gasteiger partial charge in [0.15, 0.2) is 5.60 Å². The number of ether oxygens (including phenoxy) is 2. The summed E-state index contributed by atoms with van der Waals surface area (Å²) in [6.45, 7) is 4.96. The van der Waals surface area contributed by atoms with Gasteiger partial charge in [-0.2, -0.15) is 0 Å². The maximum absolute atomic E-state index is 12.2. The molecule has 1 aromatic rings. The van der Waals surface area contributed by atoms with E-state index in [1.54, 1.807) is 23.4 Å². The Bertz CT molecular complexity index is 765. The fourth-order valence-corrected chi connectivity index (χ4v) is 3.98. The van der Waals surface area contributed by atoms with Crippen molar-refractivity contribution in [2.24, 2.45) is 17.8 Å². The molecule has 1 aliphatic carbocycles. The van der Waals surface area contributed by atoms with Crippen LogP contribution in [-0.4, -0.2) is 65.3 Å². The molecule has 2 amide bonds. The Hall–Kier alpha value is -2.68. The lowest BCUT2D eigenvalue weighted by Crippen LogP contribution is -2.52. The van der Waals surface area contributed by atoms with Crippen molar-refractivity contribution in [1.29, 1.82) is 0 Å². The zero-order valence-electron chi connectivity index (χ0n) is 15.8. The van der Waals surface area contributed by atoms with Crippen molar-refractivity contribution in [3.8, 4) is 0 Å². The SMILES string of the molecule is CC1(OC(=O)N2C[C@@H]3C(CCNC(=O)/C=C/c4cnc(N)nc4)[C@@H]3C2)COC1. The number of rotatable bonds is 6. The molecule has 0 aromatic carbocycles. The van der Waals surface area contributed by atoms with Crippen molar-refractivity contribution >= 4 is 24.0 Å². The van der Waals surface area contributed by atoms with Gasteiger partial charge in [0.1, 0.15) is 0 Å². The first-order chi connectivity index (χ1) is 13.4. The summed E-state index contributed by atoms with van der Waals surface area (Å²) >= 11 is 0. The van der Waals surface area contributed by atoms with E-state index in [-0.39, 0.29) is 17.9 Å². The minimum Gasteiger partial charge on any atom is -0.438 e. The van der Waals surface area contributed by atoms with Gasteiger partial charge in [0.2, 0.25) is 11.9 Å². The fourth-order valence-electron chi connectivity index (χ4n) is 3.98. The Kier molecular flexibility index (Phi) is 4.92. The van der Waals surface area contributed by atoms with Gasteiger partial charge in [-0.05, 0) is 37.2 Å². The molecule has 2 saturated heterocycles. The molecule has 0 bridgehead atoms. The van der Waals surface area contributed by atoms with Crippen LogP contribution in [0.5, 0.6) is 0 Å². The highest BCUT2D eigenvalue weighted by Crippen LogP contribution is 2.53. The van der Waals surface area contributed by atoms with Crippen LogP contribution in [-0.2, 0) is 14.3 Å². The molecule has 1 unspecified atom stereocenters.